The Balaban J connectivity index is 1.96. The maximum Gasteiger partial charge on any atom is 0.0608 e. The van der Waals surface area contributed by atoms with Gasteiger partial charge in [-0.2, -0.15) is 0 Å². The van der Waals surface area contributed by atoms with Crippen LogP contribution in [-0.4, -0.2) is 32.2 Å². The Hall–Kier alpha value is -1.22. The molecule has 98 valence electrons. The van der Waals surface area contributed by atoms with Gasteiger partial charge in [0.25, 0.3) is 0 Å². The van der Waals surface area contributed by atoms with Crippen LogP contribution in [0.3, 0.4) is 0 Å². The molecule has 0 aliphatic carbocycles. The van der Waals surface area contributed by atoms with Gasteiger partial charge in [-0.05, 0) is 37.8 Å². The molecule has 3 nitrogen and oxygen atoms in total. The maximum atomic E-state index is 6.16. The number of anilines is 2. The van der Waals surface area contributed by atoms with Gasteiger partial charge in [-0.25, -0.2) is 0 Å². The zero-order chi connectivity index (χ0) is 12.7. The Morgan fingerprint density at radius 2 is 1.72 bits per heavy atom. The van der Waals surface area contributed by atoms with E-state index >= 15 is 0 Å². The topological polar surface area (TPSA) is 32.5 Å². The van der Waals surface area contributed by atoms with E-state index < -0.39 is 0 Å². The predicted octanol–water partition coefficient (Wildman–Crippen LogP) is 2.21. The Morgan fingerprint density at radius 1 is 1.11 bits per heavy atom. The second kappa shape index (κ2) is 4.47. The van der Waals surface area contributed by atoms with Crippen LogP contribution in [0.25, 0.3) is 0 Å². The quantitative estimate of drug-likeness (QED) is 0.867. The smallest absolute Gasteiger partial charge is 0.0608 e. The zero-order valence-corrected chi connectivity index (χ0v) is 11.3. The Morgan fingerprint density at radius 3 is 2.33 bits per heavy atom. The molecule has 18 heavy (non-hydrogen) atoms. The summed E-state index contributed by atoms with van der Waals surface area (Å²) in [5.41, 5.74) is 8.87. The number of hydrogen-bond acceptors (Lipinski definition) is 3. The van der Waals surface area contributed by atoms with E-state index in [9.17, 15) is 0 Å². The van der Waals surface area contributed by atoms with Crippen LogP contribution in [0, 0.1) is 0 Å². The van der Waals surface area contributed by atoms with Crippen molar-refractivity contribution in [1.82, 2.24) is 0 Å². The summed E-state index contributed by atoms with van der Waals surface area (Å²) in [4.78, 5) is 4.85. The molecule has 2 aliphatic heterocycles. The van der Waals surface area contributed by atoms with Crippen LogP contribution in [0.5, 0.6) is 0 Å². The summed E-state index contributed by atoms with van der Waals surface area (Å²) >= 11 is 0. The van der Waals surface area contributed by atoms with Gasteiger partial charge in [0.15, 0.2) is 0 Å². The molecule has 0 aromatic heterocycles. The van der Waals surface area contributed by atoms with Gasteiger partial charge in [-0.15, -0.1) is 0 Å². The predicted molar refractivity (Wildman–Crippen MR) is 77.3 cm³/mol. The van der Waals surface area contributed by atoms with E-state index in [1.165, 1.54) is 24.2 Å². The van der Waals surface area contributed by atoms with E-state index in [2.05, 4.69) is 48.2 Å². The van der Waals surface area contributed by atoms with Crippen LogP contribution in [-0.2, 0) is 0 Å². The highest BCUT2D eigenvalue weighted by Crippen LogP contribution is 2.42. The number of para-hydroxylation sites is 2. The SMILES string of the molecule is CN(C)c1ccccc1N1C2CCC1CC(N)C2. The van der Waals surface area contributed by atoms with Crippen LogP contribution in [0.15, 0.2) is 24.3 Å². The lowest BCUT2D eigenvalue weighted by Gasteiger charge is -2.41. The minimum Gasteiger partial charge on any atom is -0.376 e. The lowest BCUT2D eigenvalue weighted by molar-refractivity contribution is 0.415. The molecule has 3 heteroatoms. The highest BCUT2D eigenvalue weighted by molar-refractivity contribution is 5.72. The van der Waals surface area contributed by atoms with E-state index in [-0.39, 0.29) is 0 Å². The first kappa shape index (κ1) is 11.8. The van der Waals surface area contributed by atoms with Crippen molar-refractivity contribution < 1.29 is 0 Å². The molecule has 0 saturated carbocycles. The van der Waals surface area contributed by atoms with E-state index in [1.807, 2.05) is 0 Å². The van der Waals surface area contributed by atoms with Gasteiger partial charge in [0.1, 0.15) is 0 Å². The molecular formula is C15H23N3. The second-order valence-corrected chi connectivity index (χ2v) is 5.91. The third-order valence-electron chi connectivity index (χ3n) is 4.41. The van der Waals surface area contributed by atoms with E-state index in [1.54, 1.807) is 0 Å². The van der Waals surface area contributed by atoms with Gasteiger partial charge in [0.05, 0.1) is 11.4 Å². The molecule has 0 amide bonds. The zero-order valence-electron chi connectivity index (χ0n) is 11.3. The number of piperidine rings is 1. The number of hydrogen-bond donors (Lipinski definition) is 1. The molecule has 2 bridgehead atoms. The first-order valence-electron chi connectivity index (χ1n) is 6.97. The Labute approximate surface area is 110 Å². The molecule has 3 rings (SSSR count). The Kier molecular flexibility index (Phi) is 2.94. The third-order valence-corrected chi connectivity index (χ3v) is 4.41. The van der Waals surface area contributed by atoms with Crippen molar-refractivity contribution in [3.63, 3.8) is 0 Å². The third kappa shape index (κ3) is 1.87. The molecule has 2 aliphatic rings. The summed E-state index contributed by atoms with van der Waals surface area (Å²) < 4.78 is 0. The number of fused-ring (bicyclic) bond motifs is 2. The average Bonchev–Trinajstić information content (AvgIpc) is 2.61. The number of benzene rings is 1. The summed E-state index contributed by atoms with van der Waals surface area (Å²) in [6.07, 6.45) is 4.91. The van der Waals surface area contributed by atoms with Crippen LogP contribution >= 0.6 is 0 Å². The van der Waals surface area contributed by atoms with E-state index in [0.29, 0.717) is 18.1 Å². The standard InChI is InChI=1S/C15H23N3/c1-17(2)14-5-3-4-6-15(14)18-12-7-8-13(18)10-11(16)9-12/h3-6,11-13H,7-10,16H2,1-2H3. The molecular weight excluding hydrogens is 222 g/mol. The maximum absolute atomic E-state index is 6.16. The van der Waals surface area contributed by atoms with E-state index in [0.717, 1.165) is 12.8 Å². The molecule has 2 N–H and O–H groups in total. The second-order valence-electron chi connectivity index (χ2n) is 5.91. The monoisotopic (exact) mass is 245 g/mol. The van der Waals surface area contributed by atoms with Crippen molar-refractivity contribution in [2.75, 3.05) is 23.9 Å². The highest BCUT2D eigenvalue weighted by Gasteiger charge is 2.40. The van der Waals surface area contributed by atoms with Gasteiger partial charge < -0.3 is 15.5 Å². The molecule has 2 unspecified atom stereocenters. The fraction of sp³-hybridized carbons (Fsp3) is 0.600. The minimum absolute atomic E-state index is 0.408. The number of nitrogens with zero attached hydrogens (tertiary/aromatic N) is 2. The van der Waals surface area contributed by atoms with Crippen molar-refractivity contribution in [2.45, 2.75) is 43.8 Å². The van der Waals surface area contributed by atoms with Crippen molar-refractivity contribution in [1.29, 1.82) is 0 Å². The molecule has 2 fully saturated rings. The summed E-state index contributed by atoms with van der Waals surface area (Å²) in [6, 6.07) is 10.5. The summed E-state index contributed by atoms with van der Waals surface area (Å²) in [5.74, 6) is 0. The highest BCUT2D eigenvalue weighted by atomic mass is 15.3. The number of rotatable bonds is 2. The summed E-state index contributed by atoms with van der Waals surface area (Å²) in [5, 5.41) is 0. The van der Waals surface area contributed by atoms with Crippen molar-refractivity contribution in [3.05, 3.63) is 24.3 Å². The molecule has 0 spiro atoms. The first-order chi connectivity index (χ1) is 8.66. The molecule has 2 atom stereocenters. The molecule has 1 aromatic rings. The Bertz CT molecular complexity index is 416. The normalized spacial score (nSPS) is 30.6. The van der Waals surface area contributed by atoms with Crippen molar-refractivity contribution in [3.8, 4) is 0 Å². The average molecular weight is 245 g/mol. The lowest BCUT2D eigenvalue weighted by Crippen LogP contribution is -2.47. The largest absolute Gasteiger partial charge is 0.376 e. The molecule has 2 saturated heterocycles. The van der Waals surface area contributed by atoms with Crippen LogP contribution in [0.1, 0.15) is 25.7 Å². The molecule has 2 heterocycles. The molecule has 1 aromatic carbocycles. The van der Waals surface area contributed by atoms with Crippen LogP contribution < -0.4 is 15.5 Å². The molecule has 0 radical (unpaired) electrons. The number of nitrogens with two attached hydrogens (primary N) is 1. The summed E-state index contributed by atoms with van der Waals surface area (Å²) in [6.45, 7) is 0. The van der Waals surface area contributed by atoms with Crippen molar-refractivity contribution in [2.24, 2.45) is 5.73 Å². The van der Waals surface area contributed by atoms with Gasteiger partial charge in [0, 0.05) is 32.2 Å². The first-order valence-corrected chi connectivity index (χ1v) is 6.97. The van der Waals surface area contributed by atoms with Crippen LogP contribution in [0.2, 0.25) is 0 Å². The van der Waals surface area contributed by atoms with E-state index in [4.69, 9.17) is 5.73 Å². The summed E-state index contributed by atoms with van der Waals surface area (Å²) in [7, 11) is 4.24. The van der Waals surface area contributed by atoms with Gasteiger partial charge in [-0.1, -0.05) is 12.1 Å². The minimum atomic E-state index is 0.408. The fourth-order valence-electron chi connectivity index (χ4n) is 3.67. The van der Waals surface area contributed by atoms with Gasteiger partial charge in [0.2, 0.25) is 0 Å². The van der Waals surface area contributed by atoms with Gasteiger partial charge in [-0.3, -0.25) is 0 Å². The fourth-order valence-corrected chi connectivity index (χ4v) is 3.67. The van der Waals surface area contributed by atoms with Crippen LogP contribution in [0.4, 0.5) is 11.4 Å². The van der Waals surface area contributed by atoms with Crippen molar-refractivity contribution >= 4 is 11.4 Å². The lowest BCUT2D eigenvalue weighted by atomic mass is 9.97. The van der Waals surface area contributed by atoms with Gasteiger partial charge >= 0.3 is 0 Å².